The molecule has 0 bridgehead atoms. The Morgan fingerprint density at radius 3 is 2.49 bits per heavy atom. The second kappa shape index (κ2) is 9.19. The van der Waals surface area contributed by atoms with Crippen molar-refractivity contribution < 1.29 is 14.4 Å². The third kappa shape index (κ3) is 4.41. The van der Waals surface area contributed by atoms with Crippen LogP contribution in [0.5, 0.6) is 0 Å². The van der Waals surface area contributed by atoms with Crippen molar-refractivity contribution >= 4 is 29.3 Å². The summed E-state index contributed by atoms with van der Waals surface area (Å²) >= 11 is 6.19. The van der Waals surface area contributed by atoms with E-state index in [1.165, 1.54) is 6.33 Å². The molecular formula is C26H26ClN5O3. The van der Waals surface area contributed by atoms with Crippen LogP contribution in [-0.4, -0.2) is 43.8 Å². The van der Waals surface area contributed by atoms with Gasteiger partial charge in [0.05, 0.1) is 12.9 Å². The average Bonchev–Trinajstić information content (AvgIpc) is 3.60. The molecule has 3 aromatic rings. The monoisotopic (exact) mass is 491 g/mol. The number of benzene rings is 2. The molecule has 1 atom stereocenters. The number of halogens is 1. The van der Waals surface area contributed by atoms with Crippen LogP contribution in [0.3, 0.4) is 0 Å². The standard InChI is InChI=1S/C26H26ClN5O3/c1-26(25(35)29-13-17-7-3-2-4-8-17)15-31-16-30-21(22(31)24(34)32(26)19-11-12-19)23(33)28-14-18-9-5-6-10-20(18)27/h2-10,16,19H,11-15H2,1H3,(H,28,33)(H,29,35)/t26-/m1/s1. The van der Waals surface area contributed by atoms with Gasteiger partial charge < -0.3 is 20.1 Å². The lowest BCUT2D eigenvalue weighted by molar-refractivity contribution is -0.133. The molecule has 5 rings (SSSR count). The smallest absolute Gasteiger partial charge is 0.274 e. The third-order valence-electron chi connectivity index (χ3n) is 6.58. The minimum atomic E-state index is -1.09. The first kappa shape index (κ1) is 23.1. The van der Waals surface area contributed by atoms with Gasteiger partial charge in [0, 0.05) is 24.2 Å². The molecule has 0 radical (unpaired) electrons. The molecule has 2 aliphatic rings. The van der Waals surface area contributed by atoms with Crippen molar-refractivity contribution in [2.24, 2.45) is 0 Å². The Balaban J connectivity index is 1.37. The van der Waals surface area contributed by atoms with E-state index in [9.17, 15) is 14.4 Å². The summed E-state index contributed by atoms with van der Waals surface area (Å²) in [6.45, 7) is 2.58. The zero-order valence-electron chi connectivity index (χ0n) is 19.3. The summed E-state index contributed by atoms with van der Waals surface area (Å²) in [6.07, 6.45) is 3.12. The summed E-state index contributed by atoms with van der Waals surface area (Å²) in [4.78, 5) is 46.0. The number of fused-ring (bicyclic) bond motifs is 1. The average molecular weight is 492 g/mol. The quantitative estimate of drug-likeness (QED) is 0.530. The fraction of sp³-hybridized carbons (Fsp3) is 0.308. The normalized spacial score (nSPS) is 19.3. The van der Waals surface area contributed by atoms with Crippen molar-refractivity contribution in [3.63, 3.8) is 0 Å². The maximum Gasteiger partial charge on any atom is 0.274 e. The van der Waals surface area contributed by atoms with Crippen molar-refractivity contribution in [1.29, 1.82) is 0 Å². The Hall–Kier alpha value is -3.65. The van der Waals surface area contributed by atoms with Crippen LogP contribution in [0.2, 0.25) is 5.02 Å². The Morgan fingerprint density at radius 2 is 1.77 bits per heavy atom. The van der Waals surface area contributed by atoms with Gasteiger partial charge in [0.25, 0.3) is 11.8 Å². The Morgan fingerprint density at radius 1 is 1.06 bits per heavy atom. The predicted octanol–water partition coefficient (Wildman–Crippen LogP) is 3.16. The molecule has 0 unspecified atom stereocenters. The summed E-state index contributed by atoms with van der Waals surface area (Å²) < 4.78 is 1.62. The van der Waals surface area contributed by atoms with E-state index in [1.807, 2.05) is 48.5 Å². The van der Waals surface area contributed by atoms with Crippen LogP contribution in [0, 0.1) is 0 Å². The van der Waals surface area contributed by atoms with E-state index in [0.29, 0.717) is 11.6 Å². The van der Waals surface area contributed by atoms with Crippen LogP contribution in [-0.2, 0) is 24.4 Å². The van der Waals surface area contributed by atoms with Crippen molar-refractivity contribution in [2.75, 3.05) is 0 Å². The van der Waals surface area contributed by atoms with Gasteiger partial charge in [-0.25, -0.2) is 4.98 Å². The van der Waals surface area contributed by atoms with Crippen molar-refractivity contribution in [1.82, 2.24) is 25.1 Å². The molecule has 1 aliphatic heterocycles. The van der Waals surface area contributed by atoms with Gasteiger partial charge in [0.15, 0.2) is 5.69 Å². The number of hydrogen-bond acceptors (Lipinski definition) is 4. The van der Waals surface area contributed by atoms with Crippen LogP contribution in [0.25, 0.3) is 0 Å². The molecule has 0 saturated heterocycles. The van der Waals surface area contributed by atoms with E-state index < -0.39 is 11.4 Å². The first-order valence-electron chi connectivity index (χ1n) is 11.6. The van der Waals surface area contributed by atoms with Gasteiger partial charge in [-0.15, -0.1) is 0 Å². The van der Waals surface area contributed by atoms with Crippen LogP contribution in [0.1, 0.15) is 51.9 Å². The molecule has 1 saturated carbocycles. The molecule has 0 spiro atoms. The first-order chi connectivity index (χ1) is 16.9. The van der Waals surface area contributed by atoms with Crippen molar-refractivity contribution in [3.8, 4) is 0 Å². The number of carbonyl (C=O) groups excluding carboxylic acids is 3. The molecule has 3 amide bonds. The van der Waals surface area contributed by atoms with Gasteiger partial charge in [-0.2, -0.15) is 0 Å². The van der Waals surface area contributed by atoms with E-state index in [2.05, 4.69) is 15.6 Å². The van der Waals surface area contributed by atoms with E-state index in [1.54, 1.807) is 22.5 Å². The number of nitrogens with one attached hydrogen (secondary N) is 2. The lowest BCUT2D eigenvalue weighted by Crippen LogP contribution is -2.64. The predicted molar refractivity (Wildman–Crippen MR) is 131 cm³/mol. The largest absolute Gasteiger partial charge is 0.350 e. The Bertz CT molecular complexity index is 1290. The minimum absolute atomic E-state index is 0.0299. The number of amides is 3. The maximum atomic E-state index is 13.7. The highest BCUT2D eigenvalue weighted by Crippen LogP contribution is 2.38. The lowest BCUT2D eigenvalue weighted by atomic mass is 9.93. The van der Waals surface area contributed by atoms with Gasteiger partial charge in [-0.05, 0) is 37.0 Å². The zero-order chi connectivity index (χ0) is 24.6. The fourth-order valence-electron chi connectivity index (χ4n) is 4.59. The molecule has 2 N–H and O–H groups in total. The van der Waals surface area contributed by atoms with Gasteiger partial charge in [0.1, 0.15) is 11.2 Å². The Labute approximate surface area is 208 Å². The molecule has 1 aromatic heterocycles. The van der Waals surface area contributed by atoms with Gasteiger partial charge >= 0.3 is 0 Å². The lowest BCUT2D eigenvalue weighted by Gasteiger charge is -2.44. The first-order valence-corrected chi connectivity index (χ1v) is 12.0. The molecular weight excluding hydrogens is 466 g/mol. The molecule has 2 aromatic carbocycles. The molecule has 35 heavy (non-hydrogen) atoms. The van der Waals surface area contributed by atoms with Crippen molar-refractivity contribution in [3.05, 3.63) is 88.5 Å². The van der Waals surface area contributed by atoms with E-state index in [0.717, 1.165) is 24.0 Å². The molecule has 1 aliphatic carbocycles. The maximum absolute atomic E-state index is 13.7. The fourth-order valence-corrected chi connectivity index (χ4v) is 4.79. The van der Waals surface area contributed by atoms with E-state index >= 15 is 0 Å². The molecule has 2 heterocycles. The highest BCUT2D eigenvalue weighted by Gasteiger charge is 2.53. The summed E-state index contributed by atoms with van der Waals surface area (Å²) in [5.41, 5.74) is 0.919. The van der Waals surface area contributed by atoms with Crippen LogP contribution < -0.4 is 10.6 Å². The Kier molecular flexibility index (Phi) is 6.06. The highest BCUT2D eigenvalue weighted by atomic mass is 35.5. The summed E-state index contributed by atoms with van der Waals surface area (Å²) in [5, 5.41) is 6.34. The molecule has 180 valence electrons. The summed E-state index contributed by atoms with van der Waals surface area (Å²) in [5.74, 6) is -1.04. The molecule has 9 heteroatoms. The second-order valence-corrected chi connectivity index (χ2v) is 9.60. The summed E-state index contributed by atoms with van der Waals surface area (Å²) in [6, 6.07) is 16.8. The number of aromatic nitrogens is 2. The second-order valence-electron chi connectivity index (χ2n) is 9.19. The minimum Gasteiger partial charge on any atom is -0.350 e. The van der Waals surface area contributed by atoms with Crippen molar-refractivity contribution in [2.45, 2.75) is 51.0 Å². The van der Waals surface area contributed by atoms with Crippen LogP contribution >= 0.6 is 11.6 Å². The number of imidazole rings is 1. The third-order valence-corrected chi connectivity index (χ3v) is 6.95. The number of carbonyl (C=O) groups is 3. The van der Waals surface area contributed by atoms with Gasteiger partial charge in [-0.1, -0.05) is 60.1 Å². The number of hydrogen-bond donors (Lipinski definition) is 2. The number of rotatable bonds is 7. The summed E-state index contributed by atoms with van der Waals surface area (Å²) in [7, 11) is 0. The highest BCUT2D eigenvalue weighted by molar-refractivity contribution is 6.31. The van der Waals surface area contributed by atoms with E-state index in [-0.39, 0.29) is 42.3 Å². The van der Waals surface area contributed by atoms with Crippen LogP contribution in [0.15, 0.2) is 60.9 Å². The molecule has 8 nitrogen and oxygen atoms in total. The molecule has 1 fully saturated rings. The topological polar surface area (TPSA) is 96.3 Å². The van der Waals surface area contributed by atoms with E-state index in [4.69, 9.17) is 11.6 Å². The van der Waals surface area contributed by atoms with Gasteiger partial charge in [0.2, 0.25) is 5.91 Å². The zero-order valence-corrected chi connectivity index (χ0v) is 20.1. The number of nitrogens with zero attached hydrogens (tertiary/aromatic N) is 3. The van der Waals surface area contributed by atoms with Gasteiger partial charge in [-0.3, -0.25) is 14.4 Å². The SMILES string of the molecule is C[C@]1(C(=O)NCc2ccccc2)Cn2cnc(C(=O)NCc3ccccc3Cl)c2C(=O)N1C1CC1. The van der Waals surface area contributed by atoms with Crippen LogP contribution in [0.4, 0.5) is 0 Å².